The Hall–Kier alpha value is -1.59. The first kappa shape index (κ1) is 15.5. The highest BCUT2D eigenvalue weighted by Gasteiger charge is 2.13. The lowest BCUT2D eigenvalue weighted by Crippen LogP contribution is -2.45. The summed E-state index contributed by atoms with van der Waals surface area (Å²) in [6.45, 7) is 5.10. The molecule has 0 heterocycles. The molecule has 1 aromatic carbocycles. The lowest BCUT2D eigenvalue weighted by atomic mass is 10.1. The van der Waals surface area contributed by atoms with E-state index in [9.17, 15) is 4.79 Å². The number of hydrogen-bond donors (Lipinski definition) is 2. The molecule has 0 fully saturated rings. The van der Waals surface area contributed by atoms with Crippen molar-refractivity contribution < 1.29 is 14.3 Å². The maximum atomic E-state index is 11.9. The fourth-order valence-electron chi connectivity index (χ4n) is 1.38. The summed E-state index contributed by atoms with van der Waals surface area (Å²) in [6.07, 6.45) is 0. The van der Waals surface area contributed by atoms with E-state index in [2.05, 4.69) is 5.32 Å². The first-order valence-corrected chi connectivity index (χ1v) is 6.21. The molecule has 0 bridgehead atoms. The van der Waals surface area contributed by atoms with Gasteiger partial charge in [-0.1, -0.05) is 6.07 Å². The van der Waals surface area contributed by atoms with E-state index in [4.69, 9.17) is 15.2 Å². The van der Waals surface area contributed by atoms with Gasteiger partial charge in [-0.25, -0.2) is 0 Å². The standard InChI is InChI=1S/C14H22N2O3/c1-14(2,15)10-16-13(17)11-5-4-6-12(9-11)19-8-7-18-3/h4-6,9H,7-8,10,15H2,1-3H3,(H,16,17). The Morgan fingerprint density at radius 1 is 1.37 bits per heavy atom. The quantitative estimate of drug-likeness (QED) is 0.727. The van der Waals surface area contributed by atoms with Crippen molar-refractivity contribution in [2.45, 2.75) is 19.4 Å². The third-order valence-electron chi connectivity index (χ3n) is 2.36. The van der Waals surface area contributed by atoms with Crippen LogP contribution >= 0.6 is 0 Å². The average molecular weight is 266 g/mol. The number of carbonyl (C=O) groups is 1. The number of hydrogen-bond acceptors (Lipinski definition) is 4. The molecule has 5 heteroatoms. The van der Waals surface area contributed by atoms with Gasteiger partial charge >= 0.3 is 0 Å². The Morgan fingerprint density at radius 2 is 2.11 bits per heavy atom. The third kappa shape index (κ3) is 6.22. The van der Waals surface area contributed by atoms with Gasteiger partial charge in [0.1, 0.15) is 12.4 Å². The first-order valence-electron chi connectivity index (χ1n) is 6.21. The summed E-state index contributed by atoms with van der Waals surface area (Å²) >= 11 is 0. The summed E-state index contributed by atoms with van der Waals surface area (Å²) in [5.41, 5.74) is 5.95. The van der Waals surface area contributed by atoms with E-state index < -0.39 is 5.54 Å². The van der Waals surface area contributed by atoms with Gasteiger partial charge in [0.25, 0.3) is 5.91 Å². The molecule has 3 N–H and O–H groups in total. The molecule has 0 saturated heterocycles. The van der Waals surface area contributed by atoms with E-state index in [-0.39, 0.29) is 5.91 Å². The smallest absolute Gasteiger partial charge is 0.251 e. The largest absolute Gasteiger partial charge is 0.491 e. The van der Waals surface area contributed by atoms with Gasteiger partial charge in [0.15, 0.2) is 0 Å². The molecular formula is C14H22N2O3. The van der Waals surface area contributed by atoms with Crippen molar-refractivity contribution in [1.82, 2.24) is 5.32 Å². The van der Waals surface area contributed by atoms with E-state index in [0.717, 1.165) is 0 Å². The zero-order valence-corrected chi connectivity index (χ0v) is 11.7. The zero-order valence-electron chi connectivity index (χ0n) is 11.7. The van der Waals surface area contributed by atoms with Crippen LogP contribution in [0.5, 0.6) is 5.75 Å². The van der Waals surface area contributed by atoms with Crippen LogP contribution in [-0.4, -0.2) is 38.3 Å². The first-order chi connectivity index (χ1) is 8.92. The van der Waals surface area contributed by atoms with E-state index >= 15 is 0 Å². The summed E-state index contributed by atoms with van der Waals surface area (Å²) in [4.78, 5) is 11.9. The summed E-state index contributed by atoms with van der Waals surface area (Å²) in [6, 6.07) is 7.03. The van der Waals surface area contributed by atoms with Gasteiger partial charge in [0.05, 0.1) is 6.61 Å². The SMILES string of the molecule is COCCOc1cccc(C(=O)NCC(C)(C)N)c1. The zero-order chi connectivity index (χ0) is 14.3. The van der Waals surface area contributed by atoms with E-state index in [1.165, 1.54) is 0 Å². The highest BCUT2D eigenvalue weighted by molar-refractivity contribution is 5.94. The molecule has 1 aromatic rings. The molecule has 0 atom stereocenters. The Kier molecular flexibility index (Phi) is 5.79. The monoisotopic (exact) mass is 266 g/mol. The van der Waals surface area contributed by atoms with Crippen molar-refractivity contribution in [1.29, 1.82) is 0 Å². The van der Waals surface area contributed by atoms with Crippen LogP contribution in [-0.2, 0) is 4.74 Å². The molecule has 0 unspecified atom stereocenters. The summed E-state index contributed by atoms with van der Waals surface area (Å²) < 4.78 is 10.4. The number of carbonyl (C=O) groups excluding carboxylic acids is 1. The number of rotatable bonds is 7. The molecule has 106 valence electrons. The minimum Gasteiger partial charge on any atom is -0.491 e. The van der Waals surface area contributed by atoms with Gasteiger partial charge in [-0.3, -0.25) is 4.79 Å². The van der Waals surface area contributed by atoms with Gasteiger partial charge in [-0.05, 0) is 32.0 Å². The number of nitrogens with two attached hydrogens (primary N) is 1. The van der Waals surface area contributed by atoms with E-state index in [1.807, 2.05) is 13.8 Å². The molecule has 5 nitrogen and oxygen atoms in total. The second-order valence-corrected chi connectivity index (χ2v) is 5.04. The van der Waals surface area contributed by atoms with Crippen LogP contribution in [0.1, 0.15) is 24.2 Å². The second-order valence-electron chi connectivity index (χ2n) is 5.04. The number of benzene rings is 1. The van der Waals surface area contributed by atoms with Crippen LogP contribution < -0.4 is 15.8 Å². The van der Waals surface area contributed by atoms with Crippen molar-refractivity contribution in [3.05, 3.63) is 29.8 Å². The molecule has 0 aliphatic heterocycles. The molecule has 0 spiro atoms. The topological polar surface area (TPSA) is 73.6 Å². The number of methoxy groups -OCH3 is 1. The fraction of sp³-hybridized carbons (Fsp3) is 0.500. The molecule has 0 aliphatic carbocycles. The molecule has 0 radical (unpaired) electrons. The molecule has 19 heavy (non-hydrogen) atoms. The van der Waals surface area contributed by atoms with Gasteiger partial charge in [-0.15, -0.1) is 0 Å². The Bertz CT molecular complexity index is 413. The van der Waals surface area contributed by atoms with Crippen molar-refractivity contribution in [2.24, 2.45) is 5.73 Å². The fourth-order valence-corrected chi connectivity index (χ4v) is 1.38. The summed E-state index contributed by atoms with van der Waals surface area (Å²) in [7, 11) is 1.61. The van der Waals surface area contributed by atoms with Crippen LogP contribution in [0.3, 0.4) is 0 Å². The highest BCUT2D eigenvalue weighted by atomic mass is 16.5. The Balaban J connectivity index is 2.57. The average Bonchev–Trinajstić information content (AvgIpc) is 2.36. The van der Waals surface area contributed by atoms with Crippen LogP contribution in [0.15, 0.2) is 24.3 Å². The van der Waals surface area contributed by atoms with Crippen LogP contribution in [0, 0.1) is 0 Å². The normalized spacial score (nSPS) is 11.2. The van der Waals surface area contributed by atoms with Crippen molar-refractivity contribution in [2.75, 3.05) is 26.9 Å². The molecular weight excluding hydrogens is 244 g/mol. The third-order valence-corrected chi connectivity index (χ3v) is 2.36. The van der Waals surface area contributed by atoms with Gasteiger partial charge in [0, 0.05) is 24.8 Å². The lowest BCUT2D eigenvalue weighted by Gasteiger charge is -2.19. The Morgan fingerprint density at radius 3 is 2.74 bits per heavy atom. The van der Waals surface area contributed by atoms with Crippen molar-refractivity contribution >= 4 is 5.91 Å². The summed E-state index contributed by atoms with van der Waals surface area (Å²) in [5, 5.41) is 2.79. The molecule has 0 aliphatic rings. The van der Waals surface area contributed by atoms with Gasteiger partial charge in [0.2, 0.25) is 0 Å². The molecule has 0 saturated carbocycles. The highest BCUT2D eigenvalue weighted by Crippen LogP contribution is 2.13. The van der Waals surface area contributed by atoms with Crippen LogP contribution in [0.25, 0.3) is 0 Å². The van der Waals surface area contributed by atoms with Crippen LogP contribution in [0.4, 0.5) is 0 Å². The predicted molar refractivity (Wildman–Crippen MR) is 74.4 cm³/mol. The van der Waals surface area contributed by atoms with E-state index in [0.29, 0.717) is 31.1 Å². The number of nitrogens with one attached hydrogen (secondary N) is 1. The van der Waals surface area contributed by atoms with Crippen molar-refractivity contribution in [3.8, 4) is 5.75 Å². The molecule has 0 aromatic heterocycles. The predicted octanol–water partition coefficient (Wildman–Crippen LogP) is 1.18. The second kappa shape index (κ2) is 7.11. The van der Waals surface area contributed by atoms with Crippen molar-refractivity contribution in [3.63, 3.8) is 0 Å². The number of amides is 1. The molecule has 1 amide bonds. The minimum atomic E-state index is -0.428. The van der Waals surface area contributed by atoms with Gasteiger partial charge in [-0.2, -0.15) is 0 Å². The van der Waals surface area contributed by atoms with Gasteiger partial charge < -0.3 is 20.5 Å². The minimum absolute atomic E-state index is 0.157. The maximum Gasteiger partial charge on any atom is 0.251 e. The lowest BCUT2D eigenvalue weighted by molar-refractivity contribution is 0.0945. The van der Waals surface area contributed by atoms with E-state index in [1.54, 1.807) is 31.4 Å². The number of ether oxygens (including phenoxy) is 2. The summed E-state index contributed by atoms with van der Waals surface area (Å²) in [5.74, 6) is 0.493. The maximum absolute atomic E-state index is 11.9. The molecule has 1 rings (SSSR count). The Labute approximate surface area is 114 Å². The van der Waals surface area contributed by atoms with Crippen LogP contribution in [0.2, 0.25) is 0 Å².